The number of hydrogen-bond donors (Lipinski definition) is 1. The van der Waals surface area contributed by atoms with Gasteiger partial charge in [0.2, 0.25) is 15.9 Å². The fourth-order valence-electron chi connectivity index (χ4n) is 1.71. The summed E-state index contributed by atoms with van der Waals surface area (Å²) in [5.74, 6) is -0.296. The standard InChI is InChI=1S/C14H19N3O4S/c1-21-10-9-17(22(2,19)20)8-7-14(18)16-13-5-3-12(11-15)4-6-13/h3-6H,7-10H2,1-2H3,(H,16,18). The highest BCUT2D eigenvalue weighted by Gasteiger charge is 2.17. The third-order valence-corrected chi connectivity index (χ3v) is 4.20. The first kappa shape index (κ1) is 18.1. The van der Waals surface area contributed by atoms with E-state index in [0.29, 0.717) is 11.3 Å². The molecular formula is C14H19N3O4S. The van der Waals surface area contributed by atoms with Gasteiger partial charge in [-0.1, -0.05) is 0 Å². The van der Waals surface area contributed by atoms with E-state index in [1.54, 1.807) is 24.3 Å². The summed E-state index contributed by atoms with van der Waals surface area (Å²) >= 11 is 0. The lowest BCUT2D eigenvalue weighted by Crippen LogP contribution is -2.35. The molecule has 0 aromatic heterocycles. The molecule has 22 heavy (non-hydrogen) atoms. The first-order valence-corrected chi connectivity index (χ1v) is 8.45. The second-order valence-electron chi connectivity index (χ2n) is 4.64. The van der Waals surface area contributed by atoms with E-state index in [4.69, 9.17) is 10.00 Å². The topological polar surface area (TPSA) is 99.5 Å². The van der Waals surface area contributed by atoms with Crippen LogP contribution in [-0.2, 0) is 19.6 Å². The summed E-state index contributed by atoms with van der Waals surface area (Å²) in [5.41, 5.74) is 1.06. The van der Waals surface area contributed by atoms with E-state index in [2.05, 4.69) is 5.32 Å². The largest absolute Gasteiger partial charge is 0.383 e. The van der Waals surface area contributed by atoms with Gasteiger partial charge >= 0.3 is 0 Å². The highest BCUT2D eigenvalue weighted by Crippen LogP contribution is 2.09. The fourth-order valence-corrected chi connectivity index (χ4v) is 2.54. The predicted octanol–water partition coefficient (Wildman–Crippen LogP) is 0.795. The van der Waals surface area contributed by atoms with E-state index >= 15 is 0 Å². The van der Waals surface area contributed by atoms with Crippen molar-refractivity contribution in [3.8, 4) is 6.07 Å². The van der Waals surface area contributed by atoms with Crippen LogP contribution in [0.25, 0.3) is 0 Å². The molecule has 0 bridgehead atoms. The Morgan fingerprint density at radius 3 is 2.45 bits per heavy atom. The van der Waals surface area contributed by atoms with E-state index in [9.17, 15) is 13.2 Å². The molecule has 1 N–H and O–H groups in total. The molecule has 0 aliphatic rings. The molecule has 0 aliphatic carbocycles. The van der Waals surface area contributed by atoms with Crippen molar-refractivity contribution in [2.24, 2.45) is 0 Å². The number of benzene rings is 1. The number of sulfonamides is 1. The van der Waals surface area contributed by atoms with Crippen LogP contribution < -0.4 is 5.32 Å². The van der Waals surface area contributed by atoms with E-state index in [1.807, 2.05) is 6.07 Å². The molecule has 0 atom stereocenters. The van der Waals surface area contributed by atoms with Crippen LogP contribution in [0.5, 0.6) is 0 Å². The van der Waals surface area contributed by atoms with Crippen molar-refractivity contribution >= 4 is 21.6 Å². The van der Waals surface area contributed by atoms with Crippen molar-refractivity contribution in [3.63, 3.8) is 0 Å². The smallest absolute Gasteiger partial charge is 0.225 e. The molecule has 1 rings (SSSR count). The van der Waals surface area contributed by atoms with Crippen LogP contribution in [0.4, 0.5) is 5.69 Å². The van der Waals surface area contributed by atoms with Crippen molar-refractivity contribution < 1.29 is 17.9 Å². The average Bonchev–Trinajstić information content (AvgIpc) is 2.46. The number of carbonyl (C=O) groups excluding carboxylic acids is 1. The van der Waals surface area contributed by atoms with Gasteiger partial charge in [0.1, 0.15) is 0 Å². The molecular weight excluding hydrogens is 306 g/mol. The van der Waals surface area contributed by atoms with Gasteiger partial charge < -0.3 is 10.1 Å². The highest BCUT2D eigenvalue weighted by atomic mass is 32.2. The maximum absolute atomic E-state index is 11.8. The number of carbonyl (C=O) groups is 1. The van der Waals surface area contributed by atoms with Crippen LogP contribution >= 0.6 is 0 Å². The Hall–Kier alpha value is -1.95. The van der Waals surface area contributed by atoms with E-state index < -0.39 is 10.0 Å². The Balaban J connectivity index is 2.54. The summed E-state index contributed by atoms with van der Waals surface area (Å²) in [6.07, 6.45) is 1.14. The second-order valence-corrected chi connectivity index (χ2v) is 6.62. The third kappa shape index (κ3) is 6.22. The van der Waals surface area contributed by atoms with Gasteiger partial charge in [-0.15, -0.1) is 0 Å². The minimum absolute atomic E-state index is 0.0385. The fraction of sp³-hybridized carbons (Fsp3) is 0.429. The Morgan fingerprint density at radius 2 is 1.95 bits per heavy atom. The molecule has 0 unspecified atom stereocenters. The molecule has 120 valence electrons. The van der Waals surface area contributed by atoms with Crippen LogP contribution in [0.3, 0.4) is 0 Å². The lowest BCUT2D eigenvalue weighted by Gasteiger charge is -2.19. The molecule has 1 aromatic rings. The molecule has 0 fully saturated rings. The summed E-state index contributed by atoms with van der Waals surface area (Å²) in [5, 5.41) is 11.3. The number of hydrogen-bond acceptors (Lipinski definition) is 5. The number of amides is 1. The summed E-state index contributed by atoms with van der Waals surface area (Å²) in [7, 11) is -1.89. The number of methoxy groups -OCH3 is 1. The monoisotopic (exact) mass is 325 g/mol. The van der Waals surface area contributed by atoms with E-state index in [0.717, 1.165) is 6.26 Å². The Bertz CT molecular complexity index is 635. The first-order chi connectivity index (χ1) is 10.4. The first-order valence-electron chi connectivity index (χ1n) is 6.61. The number of rotatable bonds is 8. The summed E-state index contributed by atoms with van der Waals surface area (Å²) in [4.78, 5) is 11.8. The van der Waals surface area contributed by atoms with Crippen molar-refractivity contribution in [3.05, 3.63) is 29.8 Å². The zero-order valence-electron chi connectivity index (χ0n) is 12.6. The summed E-state index contributed by atoms with van der Waals surface area (Å²) in [6, 6.07) is 8.42. The molecule has 8 heteroatoms. The van der Waals surface area contributed by atoms with Gasteiger partial charge in [0.25, 0.3) is 0 Å². The number of ether oxygens (including phenoxy) is 1. The quantitative estimate of drug-likeness (QED) is 0.762. The third-order valence-electron chi connectivity index (χ3n) is 2.90. The molecule has 0 radical (unpaired) electrons. The number of nitrogens with one attached hydrogen (secondary N) is 1. The normalized spacial score (nSPS) is 11.2. The Labute approximate surface area is 130 Å². The molecule has 0 aliphatic heterocycles. The zero-order chi connectivity index (χ0) is 16.6. The molecule has 1 amide bonds. The van der Waals surface area contributed by atoms with E-state index in [-0.39, 0.29) is 32.0 Å². The van der Waals surface area contributed by atoms with Gasteiger partial charge in [0.15, 0.2) is 0 Å². The van der Waals surface area contributed by atoms with Crippen molar-refractivity contribution in [2.45, 2.75) is 6.42 Å². The Kier molecular flexibility index (Phi) is 6.98. The Morgan fingerprint density at radius 1 is 1.32 bits per heavy atom. The number of anilines is 1. The van der Waals surface area contributed by atoms with Crippen LogP contribution in [-0.4, -0.2) is 51.7 Å². The second kappa shape index (κ2) is 8.48. The SMILES string of the molecule is COCCN(CCC(=O)Nc1ccc(C#N)cc1)S(C)(=O)=O. The van der Waals surface area contributed by atoms with Gasteiger partial charge in [-0.25, -0.2) is 8.42 Å². The molecule has 1 aromatic carbocycles. The molecule has 7 nitrogen and oxygen atoms in total. The predicted molar refractivity (Wildman–Crippen MR) is 82.7 cm³/mol. The van der Waals surface area contributed by atoms with Gasteiger partial charge in [0.05, 0.1) is 24.5 Å². The number of nitriles is 1. The summed E-state index contributed by atoms with van der Waals surface area (Å²) < 4.78 is 29.2. The minimum atomic E-state index is -3.38. The molecule has 0 heterocycles. The van der Waals surface area contributed by atoms with Crippen molar-refractivity contribution in [2.75, 3.05) is 38.4 Å². The zero-order valence-corrected chi connectivity index (χ0v) is 13.4. The summed E-state index contributed by atoms with van der Waals surface area (Å²) in [6.45, 7) is 0.564. The maximum atomic E-state index is 11.8. The van der Waals surface area contributed by atoms with Crippen LogP contribution in [0.2, 0.25) is 0 Å². The van der Waals surface area contributed by atoms with E-state index in [1.165, 1.54) is 11.4 Å². The molecule has 0 spiro atoms. The highest BCUT2D eigenvalue weighted by molar-refractivity contribution is 7.88. The van der Waals surface area contributed by atoms with Crippen molar-refractivity contribution in [1.29, 1.82) is 5.26 Å². The van der Waals surface area contributed by atoms with Gasteiger partial charge in [-0.3, -0.25) is 4.79 Å². The van der Waals surface area contributed by atoms with Gasteiger partial charge in [-0.05, 0) is 24.3 Å². The lowest BCUT2D eigenvalue weighted by atomic mass is 10.2. The maximum Gasteiger partial charge on any atom is 0.225 e. The van der Waals surface area contributed by atoms with Crippen LogP contribution in [0.15, 0.2) is 24.3 Å². The van der Waals surface area contributed by atoms with Crippen molar-refractivity contribution in [1.82, 2.24) is 4.31 Å². The van der Waals surface area contributed by atoms with Crippen LogP contribution in [0.1, 0.15) is 12.0 Å². The number of nitrogens with zero attached hydrogens (tertiary/aromatic N) is 2. The lowest BCUT2D eigenvalue weighted by molar-refractivity contribution is -0.116. The average molecular weight is 325 g/mol. The van der Waals surface area contributed by atoms with Crippen LogP contribution in [0, 0.1) is 11.3 Å². The molecule has 0 saturated heterocycles. The molecule has 0 saturated carbocycles. The van der Waals surface area contributed by atoms with Gasteiger partial charge in [-0.2, -0.15) is 9.57 Å². The van der Waals surface area contributed by atoms with Gasteiger partial charge in [0, 0.05) is 32.3 Å². The minimum Gasteiger partial charge on any atom is -0.383 e.